The number of urea groups is 1. The minimum atomic E-state index is -0.667. The van der Waals surface area contributed by atoms with E-state index in [1.165, 1.54) is 12.0 Å². The van der Waals surface area contributed by atoms with Gasteiger partial charge in [-0.25, -0.2) is 9.59 Å². The van der Waals surface area contributed by atoms with E-state index in [0.29, 0.717) is 32.6 Å². The van der Waals surface area contributed by atoms with Gasteiger partial charge in [0, 0.05) is 39.8 Å². The van der Waals surface area contributed by atoms with Crippen molar-refractivity contribution in [3.63, 3.8) is 0 Å². The van der Waals surface area contributed by atoms with E-state index in [-0.39, 0.29) is 23.9 Å². The first-order chi connectivity index (χ1) is 21.3. The lowest BCUT2D eigenvalue weighted by Gasteiger charge is -2.54. The van der Waals surface area contributed by atoms with Crippen LogP contribution in [0.25, 0.3) is 0 Å². The molecule has 2 saturated heterocycles. The van der Waals surface area contributed by atoms with E-state index in [4.69, 9.17) is 4.74 Å². The molecular weight excluding hydrogens is 552 g/mol. The number of benzene rings is 3. The number of carbonyl (C=O) groups excluding carboxylic acids is 3. The van der Waals surface area contributed by atoms with Crippen LogP contribution in [0.15, 0.2) is 91.0 Å². The number of hydrogen-bond acceptors (Lipinski definition) is 5. The van der Waals surface area contributed by atoms with Crippen molar-refractivity contribution in [1.82, 2.24) is 19.6 Å². The normalized spacial score (nSPS) is 18.2. The Morgan fingerprint density at radius 2 is 1.23 bits per heavy atom. The van der Waals surface area contributed by atoms with Gasteiger partial charge in [-0.15, -0.1) is 0 Å². The van der Waals surface area contributed by atoms with Crippen molar-refractivity contribution in [1.29, 1.82) is 0 Å². The van der Waals surface area contributed by atoms with E-state index >= 15 is 0 Å². The van der Waals surface area contributed by atoms with E-state index in [0.717, 1.165) is 29.7 Å². The minimum absolute atomic E-state index is 0.0924. The summed E-state index contributed by atoms with van der Waals surface area (Å²) in [6.45, 7) is 6.54. The summed E-state index contributed by atoms with van der Waals surface area (Å²) in [5, 5.41) is 0. The molecule has 2 aliphatic heterocycles. The van der Waals surface area contributed by atoms with Gasteiger partial charge in [0.25, 0.3) is 0 Å². The number of nitrogens with zero attached hydrogens (tertiary/aromatic N) is 4. The summed E-state index contributed by atoms with van der Waals surface area (Å²) in [6.07, 6.45) is 1.44. The molecule has 5 rings (SSSR count). The molecule has 0 N–H and O–H groups in total. The largest absolute Gasteiger partial charge is 0.467 e. The number of esters is 1. The van der Waals surface area contributed by atoms with E-state index in [1.807, 2.05) is 36.9 Å². The second-order valence-electron chi connectivity index (χ2n) is 12.1. The highest BCUT2D eigenvalue weighted by atomic mass is 16.5. The Bertz CT molecular complexity index is 1320. The second kappa shape index (κ2) is 13.6. The van der Waals surface area contributed by atoms with Gasteiger partial charge in [-0.3, -0.25) is 9.69 Å². The number of carbonyl (C=O) groups is 3. The maximum absolute atomic E-state index is 14.3. The maximum atomic E-state index is 14.3. The van der Waals surface area contributed by atoms with Gasteiger partial charge in [-0.05, 0) is 35.4 Å². The van der Waals surface area contributed by atoms with Crippen LogP contribution < -0.4 is 0 Å². The molecule has 2 fully saturated rings. The summed E-state index contributed by atoms with van der Waals surface area (Å²) in [4.78, 5) is 47.8. The molecule has 2 atom stereocenters. The highest BCUT2D eigenvalue weighted by Gasteiger charge is 2.52. The van der Waals surface area contributed by atoms with Crippen LogP contribution >= 0.6 is 0 Å². The molecule has 0 radical (unpaired) electrons. The molecule has 0 spiro atoms. The van der Waals surface area contributed by atoms with Crippen LogP contribution in [0, 0.1) is 5.92 Å². The van der Waals surface area contributed by atoms with Gasteiger partial charge < -0.3 is 19.4 Å². The Hall–Kier alpha value is -4.17. The number of methoxy groups -OCH3 is 1. The third kappa shape index (κ3) is 5.83. The summed E-state index contributed by atoms with van der Waals surface area (Å²) in [7, 11) is 3.00. The van der Waals surface area contributed by atoms with E-state index < -0.39 is 17.6 Å². The Labute approximate surface area is 261 Å². The molecule has 44 heavy (non-hydrogen) atoms. The smallest absolute Gasteiger partial charge is 0.328 e. The predicted octanol–water partition coefficient (Wildman–Crippen LogP) is 4.84. The third-order valence-electron chi connectivity index (χ3n) is 9.18. The lowest BCUT2D eigenvalue weighted by Crippen LogP contribution is -2.65. The molecule has 2 aliphatic rings. The Morgan fingerprint density at radius 3 is 1.66 bits per heavy atom. The minimum Gasteiger partial charge on any atom is -0.467 e. The van der Waals surface area contributed by atoms with Crippen LogP contribution in [0.1, 0.15) is 43.4 Å². The zero-order valence-corrected chi connectivity index (χ0v) is 26.3. The van der Waals surface area contributed by atoms with Crippen molar-refractivity contribution in [2.75, 3.05) is 46.9 Å². The first-order valence-electron chi connectivity index (χ1n) is 15.6. The molecule has 3 aromatic rings. The Morgan fingerprint density at radius 1 is 0.750 bits per heavy atom. The summed E-state index contributed by atoms with van der Waals surface area (Å²) in [5.41, 5.74) is 2.72. The fourth-order valence-corrected chi connectivity index (χ4v) is 6.96. The molecular formula is C36H44N4O4. The molecule has 232 valence electrons. The van der Waals surface area contributed by atoms with Crippen LogP contribution in [0.5, 0.6) is 0 Å². The molecule has 0 aromatic heterocycles. The SMILES string of the molecule is COC(=O)C(C(C)C)N(C)C(=O)N1CCCN(C(=O)[C@H]2CCN2C(c2ccccc2)(c2ccccc2)c2ccccc2)CC1. The summed E-state index contributed by atoms with van der Waals surface area (Å²) < 4.78 is 4.98. The summed E-state index contributed by atoms with van der Waals surface area (Å²) >= 11 is 0. The standard InChI is InChI=1S/C36H44N4O4/c1-27(2)32(34(42)44-4)37(3)35(43)39-23-14-22-38(25-26-39)33(41)31-21-24-40(31)36(28-15-8-5-9-16-28,29-17-10-6-11-18-29)30-19-12-7-13-20-30/h5-13,15-20,27,31-32H,14,21-26H2,1-4H3/t31-,32?/m1/s1. The number of amides is 3. The molecule has 3 aromatic carbocycles. The number of ether oxygens (including phenoxy) is 1. The molecule has 1 unspecified atom stereocenters. The third-order valence-corrected chi connectivity index (χ3v) is 9.18. The summed E-state index contributed by atoms with van der Waals surface area (Å²) in [6, 6.07) is 30.2. The Balaban J connectivity index is 1.40. The van der Waals surface area contributed by atoms with E-state index in [2.05, 4.69) is 77.7 Å². The fraction of sp³-hybridized carbons (Fsp3) is 0.417. The van der Waals surface area contributed by atoms with Crippen molar-refractivity contribution < 1.29 is 19.1 Å². The summed E-state index contributed by atoms with van der Waals surface area (Å²) in [5.74, 6) is -0.419. The molecule has 0 aliphatic carbocycles. The Kier molecular flexibility index (Phi) is 9.69. The van der Waals surface area contributed by atoms with Crippen LogP contribution in [-0.2, 0) is 19.9 Å². The van der Waals surface area contributed by atoms with Gasteiger partial charge in [-0.2, -0.15) is 0 Å². The zero-order valence-electron chi connectivity index (χ0n) is 26.3. The molecule has 8 nitrogen and oxygen atoms in total. The van der Waals surface area contributed by atoms with Crippen LogP contribution in [0.3, 0.4) is 0 Å². The average molecular weight is 597 g/mol. The van der Waals surface area contributed by atoms with Crippen LogP contribution in [-0.4, -0.2) is 96.5 Å². The molecule has 2 heterocycles. The van der Waals surface area contributed by atoms with Crippen LogP contribution in [0.4, 0.5) is 4.79 Å². The van der Waals surface area contributed by atoms with Crippen molar-refractivity contribution in [3.8, 4) is 0 Å². The van der Waals surface area contributed by atoms with Gasteiger partial charge in [0.1, 0.15) is 6.04 Å². The number of rotatable bonds is 8. The van der Waals surface area contributed by atoms with Gasteiger partial charge in [0.2, 0.25) is 5.91 Å². The fourth-order valence-electron chi connectivity index (χ4n) is 6.96. The van der Waals surface area contributed by atoms with Crippen molar-refractivity contribution in [2.45, 2.75) is 44.3 Å². The average Bonchev–Trinajstić information content (AvgIpc) is 3.30. The van der Waals surface area contributed by atoms with Crippen molar-refractivity contribution in [2.24, 2.45) is 5.92 Å². The number of likely N-dealkylation sites (N-methyl/N-ethyl adjacent to an activating group) is 1. The quantitative estimate of drug-likeness (QED) is 0.275. The first-order valence-corrected chi connectivity index (χ1v) is 15.6. The molecule has 0 saturated carbocycles. The van der Waals surface area contributed by atoms with Crippen molar-refractivity contribution >= 4 is 17.9 Å². The van der Waals surface area contributed by atoms with Gasteiger partial charge in [-0.1, -0.05) is 105 Å². The molecule has 3 amide bonds. The zero-order chi connectivity index (χ0) is 31.3. The second-order valence-corrected chi connectivity index (χ2v) is 12.1. The van der Waals surface area contributed by atoms with Gasteiger partial charge >= 0.3 is 12.0 Å². The highest BCUT2D eigenvalue weighted by molar-refractivity contribution is 5.85. The van der Waals surface area contributed by atoms with E-state index in [1.54, 1.807) is 11.9 Å². The first kappa shape index (κ1) is 31.3. The van der Waals surface area contributed by atoms with Gasteiger partial charge in [0.05, 0.1) is 18.7 Å². The lowest BCUT2D eigenvalue weighted by molar-refractivity contribution is -0.147. The molecule has 0 bridgehead atoms. The number of hydrogen-bond donors (Lipinski definition) is 0. The number of likely N-dealkylation sites (tertiary alicyclic amines) is 1. The maximum Gasteiger partial charge on any atom is 0.328 e. The predicted molar refractivity (Wildman–Crippen MR) is 171 cm³/mol. The highest BCUT2D eigenvalue weighted by Crippen LogP contribution is 2.47. The van der Waals surface area contributed by atoms with Crippen LogP contribution in [0.2, 0.25) is 0 Å². The molecule has 8 heteroatoms. The van der Waals surface area contributed by atoms with Gasteiger partial charge in [0.15, 0.2) is 0 Å². The van der Waals surface area contributed by atoms with Crippen molar-refractivity contribution in [3.05, 3.63) is 108 Å². The lowest BCUT2D eigenvalue weighted by atomic mass is 9.72. The monoisotopic (exact) mass is 596 g/mol. The topological polar surface area (TPSA) is 73.4 Å². The van der Waals surface area contributed by atoms with E-state index in [9.17, 15) is 14.4 Å².